The summed E-state index contributed by atoms with van der Waals surface area (Å²) in [6, 6.07) is 10.8. The Bertz CT molecular complexity index is 775. The van der Waals surface area contributed by atoms with Gasteiger partial charge in [0.25, 0.3) is 5.91 Å². The molecule has 7 heteroatoms. The summed E-state index contributed by atoms with van der Waals surface area (Å²) < 4.78 is 5.30. The fraction of sp³-hybridized carbons (Fsp3) is 0.235. The normalized spacial score (nSPS) is 11.6. The van der Waals surface area contributed by atoms with Crippen molar-refractivity contribution in [1.29, 1.82) is 0 Å². The highest BCUT2D eigenvalue weighted by molar-refractivity contribution is 5.98. The minimum Gasteiger partial charge on any atom is -0.502 e. The predicted molar refractivity (Wildman–Crippen MR) is 88.3 cm³/mol. The topological polar surface area (TPSA) is 92.9 Å². The van der Waals surface area contributed by atoms with E-state index in [1.807, 2.05) is 25.1 Å². The lowest BCUT2D eigenvalue weighted by molar-refractivity contribution is -0.385. The van der Waals surface area contributed by atoms with Crippen LogP contribution in [0.15, 0.2) is 42.5 Å². The van der Waals surface area contributed by atoms with E-state index in [0.717, 1.165) is 11.6 Å². The van der Waals surface area contributed by atoms with Crippen LogP contribution in [0.1, 0.15) is 28.9 Å². The maximum absolute atomic E-state index is 12.7. The number of aromatic hydroxyl groups is 1. The number of carbonyl (C=O) groups is 1. The molecule has 1 N–H and O–H groups in total. The zero-order chi connectivity index (χ0) is 17.9. The van der Waals surface area contributed by atoms with Crippen molar-refractivity contribution in [2.45, 2.75) is 13.0 Å². The van der Waals surface area contributed by atoms with E-state index >= 15 is 0 Å². The van der Waals surface area contributed by atoms with E-state index in [1.165, 1.54) is 17.0 Å². The molecule has 0 unspecified atom stereocenters. The van der Waals surface area contributed by atoms with Crippen molar-refractivity contribution in [2.75, 3.05) is 14.2 Å². The molecule has 7 nitrogen and oxygen atoms in total. The Balaban J connectivity index is 2.36. The molecule has 0 radical (unpaired) electrons. The van der Waals surface area contributed by atoms with Gasteiger partial charge in [-0.15, -0.1) is 0 Å². The van der Waals surface area contributed by atoms with Gasteiger partial charge in [0.1, 0.15) is 5.75 Å². The summed E-state index contributed by atoms with van der Waals surface area (Å²) in [7, 11) is 3.11. The quantitative estimate of drug-likeness (QED) is 0.671. The number of rotatable bonds is 5. The maximum Gasteiger partial charge on any atom is 0.311 e. The number of benzene rings is 2. The highest BCUT2D eigenvalue weighted by Crippen LogP contribution is 2.33. The van der Waals surface area contributed by atoms with Crippen molar-refractivity contribution in [3.8, 4) is 11.5 Å². The molecule has 0 saturated carbocycles. The van der Waals surface area contributed by atoms with E-state index in [-0.39, 0.29) is 11.6 Å². The Labute approximate surface area is 139 Å². The zero-order valence-corrected chi connectivity index (χ0v) is 13.6. The number of nitro groups is 1. The number of para-hydroxylation sites is 2. The summed E-state index contributed by atoms with van der Waals surface area (Å²) in [5.74, 6) is -0.519. The Hall–Kier alpha value is -3.09. The molecule has 0 aliphatic carbocycles. The van der Waals surface area contributed by atoms with Gasteiger partial charge in [0.2, 0.25) is 5.75 Å². The van der Waals surface area contributed by atoms with Crippen LogP contribution in [-0.2, 0) is 0 Å². The Morgan fingerprint density at radius 3 is 2.54 bits per heavy atom. The number of ether oxygens (including phenoxy) is 1. The predicted octanol–water partition coefficient (Wildman–Crippen LogP) is 3.14. The van der Waals surface area contributed by atoms with Crippen LogP contribution in [0.5, 0.6) is 11.5 Å². The van der Waals surface area contributed by atoms with Crippen molar-refractivity contribution >= 4 is 11.6 Å². The summed E-state index contributed by atoms with van der Waals surface area (Å²) in [6.45, 7) is 1.81. The smallest absolute Gasteiger partial charge is 0.311 e. The van der Waals surface area contributed by atoms with Crippen LogP contribution in [0.3, 0.4) is 0 Å². The summed E-state index contributed by atoms with van der Waals surface area (Å²) in [5.41, 5.74) is 0.174. The van der Waals surface area contributed by atoms with Gasteiger partial charge in [-0.3, -0.25) is 14.9 Å². The molecule has 1 atom stereocenters. The second-order valence-corrected chi connectivity index (χ2v) is 5.26. The van der Waals surface area contributed by atoms with Crippen molar-refractivity contribution in [3.63, 3.8) is 0 Å². The Morgan fingerprint density at radius 2 is 1.92 bits per heavy atom. The van der Waals surface area contributed by atoms with E-state index in [2.05, 4.69) is 0 Å². The first-order valence-electron chi connectivity index (χ1n) is 7.25. The maximum atomic E-state index is 12.7. The minimum absolute atomic E-state index is 0.117. The monoisotopic (exact) mass is 330 g/mol. The van der Waals surface area contributed by atoms with Crippen molar-refractivity contribution in [3.05, 3.63) is 63.7 Å². The van der Waals surface area contributed by atoms with Crippen LogP contribution in [0.25, 0.3) is 0 Å². The lowest BCUT2D eigenvalue weighted by atomic mass is 10.0. The van der Waals surface area contributed by atoms with Crippen LogP contribution in [0.4, 0.5) is 5.69 Å². The molecule has 0 spiro atoms. The van der Waals surface area contributed by atoms with Crippen molar-refractivity contribution in [1.82, 2.24) is 4.90 Å². The summed E-state index contributed by atoms with van der Waals surface area (Å²) in [4.78, 5) is 24.2. The number of amides is 1. The van der Waals surface area contributed by atoms with Gasteiger partial charge in [0.05, 0.1) is 23.6 Å². The number of phenolic OH excluding ortho intramolecular Hbond substituents is 1. The van der Waals surface area contributed by atoms with Gasteiger partial charge in [-0.25, -0.2) is 0 Å². The van der Waals surface area contributed by atoms with Gasteiger partial charge in [-0.2, -0.15) is 0 Å². The first-order valence-corrected chi connectivity index (χ1v) is 7.25. The molecule has 0 aromatic heterocycles. The lowest BCUT2D eigenvalue weighted by Gasteiger charge is -2.26. The second-order valence-electron chi connectivity index (χ2n) is 5.26. The minimum atomic E-state index is -0.726. The van der Waals surface area contributed by atoms with E-state index in [0.29, 0.717) is 5.75 Å². The molecule has 0 bridgehead atoms. The van der Waals surface area contributed by atoms with E-state index in [1.54, 1.807) is 20.2 Å². The van der Waals surface area contributed by atoms with Crippen molar-refractivity contribution < 1.29 is 19.6 Å². The molecule has 126 valence electrons. The molecular weight excluding hydrogens is 312 g/mol. The fourth-order valence-electron chi connectivity index (χ4n) is 2.44. The molecule has 2 aromatic rings. The third-order valence-electron chi connectivity index (χ3n) is 3.93. The first kappa shape index (κ1) is 17.3. The molecule has 0 fully saturated rings. The number of phenols is 1. The number of nitrogens with zero attached hydrogens (tertiary/aromatic N) is 2. The third kappa shape index (κ3) is 3.15. The SMILES string of the molecule is COc1ccccc1[C@H](C)N(C)C(=O)c1cccc([N+](=O)[O-])c1O. The number of hydrogen-bond acceptors (Lipinski definition) is 5. The van der Waals surface area contributed by atoms with Gasteiger partial charge in [0.15, 0.2) is 0 Å². The third-order valence-corrected chi connectivity index (χ3v) is 3.93. The van der Waals surface area contributed by atoms with Gasteiger partial charge in [-0.05, 0) is 19.1 Å². The lowest BCUT2D eigenvalue weighted by Crippen LogP contribution is -2.30. The first-order chi connectivity index (χ1) is 11.4. The van der Waals surface area contributed by atoms with Crippen LogP contribution < -0.4 is 4.74 Å². The van der Waals surface area contributed by atoms with Gasteiger partial charge in [0, 0.05) is 18.7 Å². The van der Waals surface area contributed by atoms with Crippen LogP contribution in [-0.4, -0.2) is 35.0 Å². The number of methoxy groups -OCH3 is 1. The molecule has 2 aromatic carbocycles. The summed E-state index contributed by atoms with van der Waals surface area (Å²) in [5, 5.41) is 20.9. The standard InChI is InChI=1S/C17H18N2O5/c1-11(12-7-4-5-10-15(12)24-3)18(2)17(21)13-8-6-9-14(16(13)20)19(22)23/h4-11,20H,1-3H3/t11-/m0/s1. The zero-order valence-electron chi connectivity index (χ0n) is 13.6. The second kappa shape index (κ2) is 6.99. The van der Waals surface area contributed by atoms with Gasteiger partial charge in [-0.1, -0.05) is 24.3 Å². The molecular formula is C17H18N2O5. The fourth-order valence-corrected chi connectivity index (χ4v) is 2.44. The number of carbonyl (C=O) groups excluding carboxylic acids is 1. The van der Waals surface area contributed by atoms with E-state index in [4.69, 9.17) is 4.74 Å². The Morgan fingerprint density at radius 1 is 1.25 bits per heavy atom. The number of hydrogen-bond donors (Lipinski definition) is 1. The average molecular weight is 330 g/mol. The highest BCUT2D eigenvalue weighted by Gasteiger charge is 2.26. The summed E-state index contributed by atoms with van der Waals surface area (Å²) >= 11 is 0. The molecule has 1 amide bonds. The van der Waals surface area contributed by atoms with Crippen LogP contribution in [0.2, 0.25) is 0 Å². The largest absolute Gasteiger partial charge is 0.502 e. The molecule has 0 heterocycles. The molecule has 0 saturated heterocycles. The van der Waals surface area contributed by atoms with E-state index < -0.39 is 22.3 Å². The Kier molecular flexibility index (Phi) is 5.03. The van der Waals surface area contributed by atoms with Crippen molar-refractivity contribution in [2.24, 2.45) is 0 Å². The highest BCUT2D eigenvalue weighted by atomic mass is 16.6. The van der Waals surface area contributed by atoms with E-state index in [9.17, 15) is 20.0 Å². The van der Waals surface area contributed by atoms with Crippen LogP contribution in [0, 0.1) is 10.1 Å². The van der Waals surface area contributed by atoms with Crippen LogP contribution >= 0.6 is 0 Å². The summed E-state index contributed by atoms with van der Waals surface area (Å²) in [6.07, 6.45) is 0. The average Bonchev–Trinajstić information content (AvgIpc) is 2.59. The molecule has 0 aliphatic heterocycles. The number of nitro benzene ring substituents is 1. The molecule has 0 aliphatic rings. The molecule has 24 heavy (non-hydrogen) atoms. The van der Waals surface area contributed by atoms with Gasteiger partial charge >= 0.3 is 5.69 Å². The van der Waals surface area contributed by atoms with Gasteiger partial charge < -0.3 is 14.7 Å². The molecule has 2 rings (SSSR count).